The van der Waals surface area contributed by atoms with Crippen LogP contribution in [0.5, 0.6) is 0 Å². The molecule has 19 heavy (non-hydrogen) atoms. The van der Waals surface area contributed by atoms with Crippen molar-refractivity contribution in [1.29, 1.82) is 0 Å². The first-order valence-corrected chi connectivity index (χ1v) is 6.44. The third kappa shape index (κ3) is 3.58. The number of carboxylic acid groups (broad SMARTS) is 1. The van der Waals surface area contributed by atoms with Gasteiger partial charge in [-0.25, -0.2) is 0 Å². The SMILES string of the molecule is CC(CNc1ccnc2cc(Cl)ccc12)CC(=O)O. The van der Waals surface area contributed by atoms with Gasteiger partial charge in [0.1, 0.15) is 0 Å². The van der Waals surface area contributed by atoms with Crippen LogP contribution in [0.2, 0.25) is 5.02 Å². The number of fused-ring (bicyclic) bond motifs is 1. The summed E-state index contributed by atoms with van der Waals surface area (Å²) in [4.78, 5) is 14.9. The van der Waals surface area contributed by atoms with Crippen LogP contribution in [0.15, 0.2) is 30.5 Å². The van der Waals surface area contributed by atoms with Crippen molar-refractivity contribution >= 4 is 34.2 Å². The van der Waals surface area contributed by atoms with Crippen molar-refractivity contribution in [3.8, 4) is 0 Å². The van der Waals surface area contributed by atoms with Crippen molar-refractivity contribution in [2.75, 3.05) is 11.9 Å². The van der Waals surface area contributed by atoms with Crippen LogP contribution in [-0.2, 0) is 4.79 Å². The van der Waals surface area contributed by atoms with Crippen molar-refractivity contribution in [2.45, 2.75) is 13.3 Å². The molecule has 1 unspecified atom stereocenters. The predicted octanol–water partition coefficient (Wildman–Crippen LogP) is 3.41. The number of benzene rings is 1. The van der Waals surface area contributed by atoms with Crippen LogP contribution in [-0.4, -0.2) is 22.6 Å². The molecular formula is C14H15ClN2O2. The van der Waals surface area contributed by atoms with Crippen LogP contribution >= 0.6 is 11.6 Å². The van der Waals surface area contributed by atoms with Gasteiger partial charge in [0.2, 0.25) is 0 Å². The molecule has 5 heteroatoms. The molecule has 0 bridgehead atoms. The molecule has 1 heterocycles. The van der Waals surface area contributed by atoms with Gasteiger partial charge in [-0.3, -0.25) is 9.78 Å². The summed E-state index contributed by atoms with van der Waals surface area (Å²) < 4.78 is 0. The Morgan fingerprint density at radius 1 is 1.47 bits per heavy atom. The first kappa shape index (κ1) is 13.6. The number of aromatic nitrogens is 1. The van der Waals surface area contributed by atoms with E-state index in [9.17, 15) is 4.79 Å². The quantitative estimate of drug-likeness (QED) is 0.880. The van der Waals surface area contributed by atoms with Crippen LogP contribution in [0.4, 0.5) is 5.69 Å². The highest BCUT2D eigenvalue weighted by atomic mass is 35.5. The van der Waals surface area contributed by atoms with E-state index in [1.54, 1.807) is 6.20 Å². The lowest BCUT2D eigenvalue weighted by Crippen LogP contribution is -2.15. The van der Waals surface area contributed by atoms with Gasteiger partial charge in [0.05, 0.1) is 5.52 Å². The minimum atomic E-state index is -0.777. The van der Waals surface area contributed by atoms with E-state index in [0.29, 0.717) is 11.6 Å². The molecule has 2 rings (SSSR count). The number of anilines is 1. The summed E-state index contributed by atoms with van der Waals surface area (Å²) in [5.74, 6) is -0.714. The maximum atomic E-state index is 10.6. The third-order valence-corrected chi connectivity index (χ3v) is 3.10. The maximum absolute atomic E-state index is 10.6. The fourth-order valence-electron chi connectivity index (χ4n) is 1.93. The van der Waals surface area contributed by atoms with E-state index in [-0.39, 0.29) is 12.3 Å². The fraction of sp³-hybridized carbons (Fsp3) is 0.286. The van der Waals surface area contributed by atoms with E-state index < -0.39 is 5.97 Å². The number of hydrogen-bond donors (Lipinski definition) is 2. The monoisotopic (exact) mass is 278 g/mol. The molecule has 2 aromatic rings. The Hall–Kier alpha value is -1.81. The molecule has 0 amide bonds. The van der Waals surface area contributed by atoms with E-state index in [2.05, 4.69) is 10.3 Å². The Labute approximate surface area is 116 Å². The van der Waals surface area contributed by atoms with E-state index in [0.717, 1.165) is 16.6 Å². The van der Waals surface area contributed by atoms with Crippen LogP contribution in [0.3, 0.4) is 0 Å². The second-order valence-electron chi connectivity index (χ2n) is 4.60. The molecule has 0 aliphatic heterocycles. The number of carboxylic acids is 1. The largest absolute Gasteiger partial charge is 0.481 e. The molecule has 1 aromatic carbocycles. The molecular weight excluding hydrogens is 264 g/mol. The van der Waals surface area contributed by atoms with Gasteiger partial charge in [-0.2, -0.15) is 0 Å². The smallest absolute Gasteiger partial charge is 0.303 e. The summed E-state index contributed by atoms with van der Waals surface area (Å²) in [6, 6.07) is 7.42. The van der Waals surface area contributed by atoms with Crippen molar-refractivity contribution < 1.29 is 9.90 Å². The van der Waals surface area contributed by atoms with E-state index in [1.807, 2.05) is 31.2 Å². The Balaban J connectivity index is 2.14. The summed E-state index contributed by atoms with van der Waals surface area (Å²) in [5.41, 5.74) is 1.77. The van der Waals surface area contributed by atoms with Crippen molar-refractivity contribution in [2.24, 2.45) is 5.92 Å². The summed E-state index contributed by atoms with van der Waals surface area (Å²) in [6.45, 7) is 2.51. The first-order valence-electron chi connectivity index (χ1n) is 6.06. The van der Waals surface area contributed by atoms with Crippen molar-refractivity contribution in [3.63, 3.8) is 0 Å². The van der Waals surface area contributed by atoms with Gasteiger partial charge in [-0.1, -0.05) is 18.5 Å². The molecule has 0 aliphatic carbocycles. The molecule has 2 N–H and O–H groups in total. The number of nitrogens with zero attached hydrogens (tertiary/aromatic N) is 1. The zero-order valence-electron chi connectivity index (χ0n) is 10.6. The molecule has 1 aromatic heterocycles. The first-order chi connectivity index (χ1) is 9.06. The van der Waals surface area contributed by atoms with Gasteiger partial charge < -0.3 is 10.4 Å². The van der Waals surface area contributed by atoms with Gasteiger partial charge in [0.25, 0.3) is 0 Å². The zero-order valence-corrected chi connectivity index (χ0v) is 11.3. The molecule has 0 spiro atoms. The summed E-state index contributed by atoms with van der Waals surface area (Å²) in [7, 11) is 0. The highest BCUT2D eigenvalue weighted by Gasteiger charge is 2.08. The summed E-state index contributed by atoms with van der Waals surface area (Å²) >= 11 is 5.93. The molecule has 0 saturated carbocycles. The number of nitrogens with one attached hydrogen (secondary N) is 1. The Kier molecular flexibility index (Phi) is 4.22. The van der Waals surface area contributed by atoms with Crippen molar-refractivity contribution in [1.82, 2.24) is 4.98 Å². The lowest BCUT2D eigenvalue weighted by Gasteiger charge is -2.13. The van der Waals surface area contributed by atoms with Crippen LogP contribution in [0, 0.1) is 5.92 Å². The molecule has 100 valence electrons. The number of hydrogen-bond acceptors (Lipinski definition) is 3. The van der Waals surface area contributed by atoms with Crippen LogP contribution in [0.25, 0.3) is 10.9 Å². The van der Waals surface area contributed by atoms with Gasteiger partial charge >= 0.3 is 5.97 Å². The minimum absolute atomic E-state index is 0.0630. The van der Waals surface area contributed by atoms with Crippen LogP contribution in [0.1, 0.15) is 13.3 Å². The number of carbonyl (C=O) groups is 1. The molecule has 4 nitrogen and oxygen atoms in total. The molecule has 0 saturated heterocycles. The van der Waals surface area contributed by atoms with E-state index >= 15 is 0 Å². The Bertz CT molecular complexity index is 601. The maximum Gasteiger partial charge on any atom is 0.303 e. The fourth-order valence-corrected chi connectivity index (χ4v) is 2.10. The molecule has 0 radical (unpaired) electrons. The number of rotatable bonds is 5. The molecule has 0 aliphatic rings. The lowest BCUT2D eigenvalue weighted by molar-refractivity contribution is -0.137. The number of aliphatic carboxylic acids is 1. The van der Waals surface area contributed by atoms with Crippen LogP contribution < -0.4 is 5.32 Å². The van der Waals surface area contributed by atoms with Gasteiger partial charge in [0, 0.05) is 35.3 Å². The summed E-state index contributed by atoms with van der Waals surface area (Å²) in [5, 5.41) is 13.6. The third-order valence-electron chi connectivity index (χ3n) is 2.87. The standard InChI is InChI=1S/C14H15ClN2O2/c1-9(6-14(18)19)8-17-12-4-5-16-13-7-10(15)2-3-11(12)13/h2-5,7,9H,6,8H2,1H3,(H,16,17)(H,18,19). The molecule has 0 fully saturated rings. The highest BCUT2D eigenvalue weighted by molar-refractivity contribution is 6.31. The number of pyridine rings is 1. The van der Waals surface area contributed by atoms with Gasteiger partial charge in [-0.05, 0) is 30.2 Å². The van der Waals surface area contributed by atoms with Gasteiger partial charge in [-0.15, -0.1) is 0 Å². The van der Waals surface area contributed by atoms with Gasteiger partial charge in [0.15, 0.2) is 0 Å². The minimum Gasteiger partial charge on any atom is -0.481 e. The van der Waals surface area contributed by atoms with E-state index in [1.165, 1.54) is 0 Å². The average molecular weight is 279 g/mol. The Morgan fingerprint density at radius 2 is 2.26 bits per heavy atom. The molecule has 1 atom stereocenters. The second kappa shape index (κ2) is 5.89. The van der Waals surface area contributed by atoms with E-state index in [4.69, 9.17) is 16.7 Å². The second-order valence-corrected chi connectivity index (χ2v) is 5.04. The Morgan fingerprint density at radius 3 is 3.00 bits per heavy atom. The average Bonchev–Trinajstić information content (AvgIpc) is 2.35. The summed E-state index contributed by atoms with van der Waals surface area (Å²) in [6.07, 6.45) is 1.87. The highest BCUT2D eigenvalue weighted by Crippen LogP contribution is 2.24. The predicted molar refractivity (Wildman–Crippen MR) is 76.7 cm³/mol. The normalized spacial score (nSPS) is 12.3. The number of halogens is 1. The van der Waals surface area contributed by atoms with Crippen molar-refractivity contribution in [3.05, 3.63) is 35.5 Å². The lowest BCUT2D eigenvalue weighted by atomic mass is 10.1. The zero-order chi connectivity index (χ0) is 13.8. The topological polar surface area (TPSA) is 62.2 Å².